The van der Waals surface area contributed by atoms with Crippen molar-refractivity contribution >= 4 is 11.3 Å². The van der Waals surface area contributed by atoms with E-state index in [1.165, 1.54) is 22.4 Å². The molecule has 0 aliphatic rings. The molecule has 112 valence electrons. The zero-order valence-electron chi connectivity index (χ0n) is 14.8. The quantitative estimate of drug-likeness (QED) is 0.673. The lowest BCUT2D eigenvalue weighted by Gasteiger charge is -2.35. The van der Waals surface area contributed by atoms with E-state index in [0.717, 1.165) is 0 Å². The number of benzene rings is 1. The van der Waals surface area contributed by atoms with Crippen molar-refractivity contribution in [2.24, 2.45) is 0 Å². The van der Waals surface area contributed by atoms with Gasteiger partial charge in [-0.05, 0) is 68.9 Å². The van der Waals surface area contributed by atoms with Crippen molar-refractivity contribution in [3.05, 3.63) is 35.4 Å². The summed E-state index contributed by atoms with van der Waals surface area (Å²) in [5.41, 5.74) is 5.63. The zero-order chi connectivity index (χ0) is 15.7. The van der Waals surface area contributed by atoms with Crippen molar-refractivity contribution in [3.8, 4) is 0 Å². The van der Waals surface area contributed by atoms with Gasteiger partial charge in [-0.15, -0.1) is 0 Å². The molecule has 0 atom stereocenters. The van der Waals surface area contributed by atoms with Crippen LogP contribution in [-0.4, -0.2) is 12.6 Å². The van der Waals surface area contributed by atoms with Gasteiger partial charge in [-0.2, -0.15) is 0 Å². The van der Waals surface area contributed by atoms with Gasteiger partial charge in [-0.25, -0.2) is 0 Å². The van der Waals surface area contributed by atoms with E-state index in [0.29, 0.717) is 0 Å². The monoisotopic (exact) mass is 273 g/mol. The number of allylic oxidation sites excluding steroid dienone is 2. The Bertz CT molecular complexity index is 495. The van der Waals surface area contributed by atoms with Crippen molar-refractivity contribution < 1.29 is 0 Å². The minimum absolute atomic E-state index is 0.123. The van der Waals surface area contributed by atoms with E-state index in [4.69, 9.17) is 0 Å². The molecule has 0 aliphatic carbocycles. The summed E-state index contributed by atoms with van der Waals surface area (Å²) in [5.74, 6) is 0. The van der Waals surface area contributed by atoms with Crippen LogP contribution in [-0.2, 0) is 5.41 Å². The molecule has 0 heterocycles. The van der Waals surface area contributed by atoms with Crippen LogP contribution in [0.5, 0.6) is 0 Å². The smallest absolute Gasteiger partial charge is 0.0377 e. The van der Waals surface area contributed by atoms with Crippen LogP contribution < -0.4 is 4.90 Å². The predicted octanol–water partition coefficient (Wildman–Crippen LogP) is 5.64. The van der Waals surface area contributed by atoms with Gasteiger partial charge in [0.2, 0.25) is 0 Å². The molecule has 1 heteroatoms. The summed E-state index contributed by atoms with van der Waals surface area (Å²) >= 11 is 0. The number of rotatable bonds is 2. The minimum Gasteiger partial charge on any atom is -0.370 e. The van der Waals surface area contributed by atoms with Crippen LogP contribution in [0.25, 0.3) is 5.57 Å². The Morgan fingerprint density at radius 1 is 1.00 bits per heavy atom. The van der Waals surface area contributed by atoms with E-state index in [-0.39, 0.29) is 11.0 Å². The molecule has 20 heavy (non-hydrogen) atoms. The van der Waals surface area contributed by atoms with Crippen LogP contribution in [0.1, 0.15) is 66.5 Å². The Hall–Kier alpha value is -1.24. The number of hydrogen-bond donors (Lipinski definition) is 0. The maximum Gasteiger partial charge on any atom is 0.0377 e. The predicted molar refractivity (Wildman–Crippen MR) is 92.6 cm³/mol. The average Bonchev–Trinajstić information content (AvgIpc) is 2.34. The van der Waals surface area contributed by atoms with Gasteiger partial charge in [0.1, 0.15) is 0 Å². The van der Waals surface area contributed by atoms with Gasteiger partial charge in [0.15, 0.2) is 0 Å². The first-order chi connectivity index (χ1) is 8.96. The lowest BCUT2D eigenvalue weighted by Crippen LogP contribution is -2.38. The summed E-state index contributed by atoms with van der Waals surface area (Å²) in [4.78, 5) is 2.36. The summed E-state index contributed by atoms with van der Waals surface area (Å²) < 4.78 is 0. The normalized spacial score (nSPS) is 13.6. The van der Waals surface area contributed by atoms with Crippen molar-refractivity contribution in [2.75, 3.05) is 11.9 Å². The largest absolute Gasteiger partial charge is 0.370 e. The summed E-state index contributed by atoms with van der Waals surface area (Å²) in [6, 6.07) is 6.96. The Morgan fingerprint density at radius 2 is 1.55 bits per heavy atom. The molecule has 0 amide bonds. The van der Waals surface area contributed by atoms with Crippen LogP contribution in [0.4, 0.5) is 5.69 Å². The van der Waals surface area contributed by atoms with Crippen molar-refractivity contribution in [1.29, 1.82) is 0 Å². The molecule has 0 fully saturated rings. The highest BCUT2D eigenvalue weighted by molar-refractivity contribution is 5.69. The van der Waals surface area contributed by atoms with Gasteiger partial charge < -0.3 is 4.90 Å². The lowest BCUT2D eigenvalue weighted by molar-refractivity contribution is 0.536. The molecule has 0 bridgehead atoms. The highest BCUT2D eigenvalue weighted by Gasteiger charge is 2.21. The van der Waals surface area contributed by atoms with E-state index in [1.807, 2.05) is 0 Å². The maximum absolute atomic E-state index is 2.36. The molecule has 1 aromatic carbocycles. The summed E-state index contributed by atoms with van der Waals surface area (Å²) in [7, 11) is 2.18. The minimum atomic E-state index is 0.123. The molecular weight excluding hydrogens is 242 g/mol. The summed E-state index contributed by atoms with van der Waals surface area (Å²) in [6.45, 7) is 17.9. The average molecular weight is 273 g/mol. The molecule has 0 saturated carbocycles. The van der Waals surface area contributed by atoms with Crippen molar-refractivity contribution in [2.45, 2.75) is 66.3 Å². The molecule has 0 radical (unpaired) electrons. The van der Waals surface area contributed by atoms with Crippen LogP contribution in [0.3, 0.4) is 0 Å². The van der Waals surface area contributed by atoms with Crippen LogP contribution >= 0.6 is 0 Å². The molecule has 1 aromatic rings. The highest BCUT2D eigenvalue weighted by atomic mass is 15.2. The maximum atomic E-state index is 2.36. The van der Waals surface area contributed by atoms with Gasteiger partial charge in [0.25, 0.3) is 0 Å². The third kappa shape index (κ3) is 3.88. The fourth-order valence-corrected chi connectivity index (χ4v) is 2.02. The van der Waals surface area contributed by atoms with Crippen LogP contribution in [0.2, 0.25) is 0 Å². The fourth-order valence-electron chi connectivity index (χ4n) is 2.02. The van der Waals surface area contributed by atoms with E-state index >= 15 is 0 Å². The molecule has 0 N–H and O–H groups in total. The SMILES string of the molecule is C/C=C(/C)c1cc(N(C)C(C)(C)C)cc(C(C)(C)C)c1. The van der Waals surface area contributed by atoms with Crippen molar-refractivity contribution in [3.63, 3.8) is 0 Å². The van der Waals surface area contributed by atoms with Gasteiger partial charge in [-0.3, -0.25) is 0 Å². The Labute approximate surface area is 125 Å². The Balaban J connectivity index is 3.46. The van der Waals surface area contributed by atoms with E-state index in [9.17, 15) is 0 Å². The highest BCUT2D eigenvalue weighted by Crippen LogP contribution is 2.32. The molecular formula is C19H31N. The van der Waals surface area contributed by atoms with Gasteiger partial charge in [0.05, 0.1) is 0 Å². The molecule has 0 unspecified atom stereocenters. The molecule has 0 aromatic heterocycles. The summed E-state index contributed by atoms with van der Waals surface area (Å²) in [6.07, 6.45) is 2.18. The Kier molecular flexibility index (Phi) is 4.74. The third-order valence-electron chi connectivity index (χ3n) is 4.07. The van der Waals surface area contributed by atoms with E-state index in [1.54, 1.807) is 0 Å². The van der Waals surface area contributed by atoms with Crippen molar-refractivity contribution in [1.82, 2.24) is 0 Å². The standard InChI is InChI=1S/C19H31N/c1-10-14(2)15-11-16(18(3,4)5)13-17(12-15)20(9)19(6,7)8/h10-13H,1-9H3/b14-10-. The molecule has 1 nitrogen and oxygen atoms in total. The van der Waals surface area contributed by atoms with Crippen LogP contribution in [0.15, 0.2) is 24.3 Å². The number of nitrogens with zero attached hydrogens (tertiary/aromatic N) is 1. The fraction of sp³-hybridized carbons (Fsp3) is 0.579. The zero-order valence-corrected chi connectivity index (χ0v) is 14.8. The molecule has 0 spiro atoms. The molecule has 0 aliphatic heterocycles. The van der Waals surface area contributed by atoms with Gasteiger partial charge in [-0.1, -0.05) is 32.9 Å². The first-order valence-electron chi connectivity index (χ1n) is 7.49. The topological polar surface area (TPSA) is 3.24 Å². The first kappa shape index (κ1) is 16.8. The second-order valence-electron chi connectivity index (χ2n) is 7.72. The second kappa shape index (κ2) is 5.63. The van der Waals surface area contributed by atoms with Gasteiger partial charge >= 0.3 is 0 Å². The van der Waals surface area contributed by atoms with E-state index < -0.39 is 0 Å². The Morgan fingerprint density at radius 3 is 1.95 bits per heavy atom. The molecule has 0 saturated heterocycles. The second-order valence-corrected chi connectivity index (χ2v) is 7.72. The molecule has 1 rings (SSSR count). The lowest BCUT2D eigenvalue weighted by atomic mass is 9.84. The third-order valence-corrected chi connectivity index (χ3v) is 4.07. The first-order valence-corrected chi connectivity index (χ1v) is 7.49. The number of hydrogen-bond acceptors (Lipinski definition) is 1. The number of anilines is 1. The van der Waals surface area contributed by atoms with E-state index in [2.05, 4.69) is 91.6 Å². The summed E-state index contributed by atoms with van der Waals surface area (Å²) in [5, 5.41) is 0. The van der Waals surface area contributed by atoms with Gasteiger partial charge in [0, 0.05) is 18.3 Å². The van der Waals surface area contributed by atoms with Crippen LogP contribution in [0, 0.1) is 0 Å².